The van der Waals surface area contributed by atoms with Crippen LogP contribution < -0.4 is 10.2 Å². The summed E-state index contributed by atoms with van der Waals surface area (Å²) in [7, 11) is 0. The van der Waals surface area contributed by atoms with E-state index in [0.29, 0.717) is 56.3 Å². The van der Waals surface area contributed by atoms with E-state index in [9.17, 15) is 22.8 Å². The van der Waals surface area contributed by atoms with Crippen molar-refractivity contribution in [1.29, 1.82) is 0 Å². The fraction of sp³-hybridized carbons (Fsp3) is 0.393. The first-order valence-electron chi connectivity index (χ1n) is 12.8. The van der Waals surface area contributed by atoms with Gasteiger partial charge >= 0.3 is 6.18 Å². The number of hydrogen-bond acceptors (Lipinski definition) is 5. The SMILES string of the molecule is O=C(CCc1ccccc1)Nc1nc2c(s1)CCCC2C(=O)N1CCN(c2cccc(C(F)(F)F)c2)CC1. The number of alkyl halides is 3. The van der Waals surface area contributed by atoms with Gasteiger partial charge in [-0.15, -0.1) is 11.3 Å². The van der Waals surface area contributed by atoms with E-state index < -0.39 is 11.7 Å². The molecule has 0 radical (unpaired) electrons. The molecule has 1 fully saturated rings. The van der Waals surface area contributed by atoms with E-state index in [1.165, 1.54) is 17.4 Å². The van der Waals surface area contributed by atoms with E-state index in [1.807, 2.05) is 35.2 Å². The van der Waals surface area contributed by atoms with Crippen LogP contribution in [0.2, 0.25) is 0 Å². The number of nitrogens with one attached hydrogen (secondary N) is 1. The van der Waals surface area contributed by atoms with E-state index in [1.54, 1.807) is 11.0 Å². The van der Waals surface area contributed by atoms with Crippen LogP contribution in [-0.2, 0) is 28.6 Å². The predicted molar refractivity (Wildman–Crippen MR) is 141 cm³/mol. The highest BCUT2D eigenvalue weighted by Crippen LogP contribution is 2.38. The molecule has 38 heavy (non-hydrogen) atoms. The molecule has 1 aliphatic carbocycles. The molecule has 1 saturated heterocycles. The van der Waals surface area contributed by atoms with Crippen LogP contribution in [-0.4, -0.2) is 47.9 Å². The van der Waals surface area contributed by atoms with Gasteiger partial charge in [-0.25, -0.2) is 4.98 Å². The predicted octanol–water partition coefficient (Wildman–Crippen LogP) is 5.50. The molecule has 2 aromatic carbocycles. The van der Waals surface area contributed by atoms with E-state index in [2.05, 4.69) is 10.3 Å². The molecule has 2 aliphatic rings. The number of rotatable bonds is 6. The highest BCUT2D eigenvalue weighted by atomic mass is 32.1. The number of aromatic nitrogens is 1. The summed E-state index contributed by atoms with van der Waals surface area (Å²) in [6, 6.07) is 15.1. The van der Waals surface area contributed by atoms with Gasteiger partial charge in [0.2, 0.25) is 11.8 Å². The van der Waals surface area contributed by atoms with Gasteiger partial charge in [0.15, 0.2) is 5.13 Å². The van der Waals surface area contributed by atoms with Crippen molar-refractivity contribution >= 4 is 34.0 Å². The number of carbonyl (C=O) groups excluding carboxylic acids is 2. The molecule has 2 amide bonds. The number of carbonyl (C=O) groups is 2. The fourth-order valence-corrected chi connectivity index (χ4v) is 6.16. The molecule has 1 N–H and O–H groups in total. The number of fused-ring (bicyclic) bond motifs is 1. The summed E-state index contributed by atoms with van der Waals surface area (Å²) < 4.78 is 39.3. The maximum absolute atomic E-state index is 13.5. The lowest BCUT2D eigenvalue weighted by molar-refractivity contribution is -0.137. The molecule has 10 heteroatoms. The number of piperazine rings is 1. The number of nitrogens with zero attached hydrogens (tertiary/aromatic N) is 3. The van der Waals surface area contributed by atoms with Crippen LogP contribution in [0.5, 0.6) is 0 Å². The standard InChI is InChI=1S/C28H29F3N4O2S/c29-28(30,31)20-8-4-9-21(18-20)34-14-16-35(17-15-34)26(37)22-10-5-11-23-25(22)33-27(38-23)32-24(36)13-12-19-6-2-1-3-7-19/h1-4,6-9,18,22H,5,10-17H2,(H,32,33,36). The third-order valence-corrected chi connectivity index (χ3v) is 8.16. The molecule has 5 rings (SSSR count). The van der Waals surface area contributed by atoms with Gasteiger partial charge in [-0.2, -0.15) is 13.2 Å². The third-order valence-electron chi connectivity index (χ3n) is 7.11. The summed E-state index contributed by atoms with van der Waals surface area (Å²) >= 11 is 1.44. The monoisotopic (exact) mass is 542 g/mol. The normalized spacial score (nSPS) is 17.7. The zero-order valence-corrected chi connectivity index (χ0v) is 21.7. The summed E-state index contributed by atoms with van der Waals surface area (Å²) in [5, 5.41) is 3.43. The highest BCUT2D eigenvalue weighted by Gasteiger charge is 2.35. The van der Waals surface area contributed by atoms with Gasteiger partial charge in [-0.3, -0.25) is 9.59 Å². The molecular weight excluding hydrogens is 513 g/mol. The van der Waals surface area contributed by atoms with Crippen molar-refractivity contribution in [2.45, 2.75) is 44.2 Å². The number of thiazole rings is 1. The van der Waals surface area contributed by atoms with Crippen molar-refractivity contribution in [1.82, 2.24) is 9.88 Å². The lowest BCUT2D eigenvalue weighted by atomic mass is 9.89. The third kappa shape index (κ3) is 6.01. The first kappa shape index (κ1) is 26.2. The van der Waals surface area contributed by atoms with Crippen LogP contribution >= 0.6 is 11.3 Å². The maximum atomic E-state index is 13.5. The molecule has 6 nitrogen and oxygen atoms in total. The Bertz CT molecular complexity index is 1290. The fourth-order valence-electron chi connectivity index (χ4n) is 5.08. The van der Waals surface area contributed by atoms with Crippen molar-refractivity contribution in [2.75, 3.05) is 36.4 Å². The van der Waals surface area contributed by atoms with Crippen LogP contribution in [0, 0.1) is 0 Å². The van der Waals surface area contributed by atoms with Crippen molar-refractivity contribution in [3.8, 4) is 0 Å². The number of benzene rings is 2. The molecule has 0 bridgehead atoms. The Balaban J connectivity index is 1.19. The molecule has 3 aromatic rings. The van der Waals surface area contributed by atoms with Crippen LogP contribution in [0.4, 0.5) is 24.0 Å². The Kier molecular flexibility index (Phi) is 7.69. The summed E-state index contributed by atoms with van der Waals surface area (Å²) in [5.74, 6) is -0.458. The van der Waals surface area contributed by atoms with Crippen molar-refractivity contribution in [3.63, 3.8) is 0 Å². The van der Waals surface area contributed by atoms with Gasteiger partial charge in [-0.1, -0.05) is 36.4 Å². The Labute approximate surface area is 223 Å². The van der Waals surface area contributed by atoms with Gasteiger partial charge < -0.3 is 15.1 Å². The molecular formula is C28H29F3N4O2S. The zero-order chi connectivity index (χ0) is 26.7. The van der Waals surface area contributed by atoms with Crippen LogP contribution in [0.25, 0.3) is 0 Å². The number of amides is 2. The first-order chi connectivity index (χ1) is 18.3. The largest absolute Gasteiger partial charge is 0.416 e. The van der Waals surface area contributed by atoms with E-state index in [4.69, 9.17) is 0 Å². The number of halogens is 3. The lowest BCUT2D eigenvalue weighted by Gasteiger charge is -2.38. The van der Waals surface area contributed by atoms with Crippen molar-refractivity contribution < 1.29 is 22.8 Å². The summed E-state index contributed by atoms with van der Waals surface area (Å²) in [6.07, 6.45) is -0.986. The smallest absolute Gasteiger partial charge is 0.368 e. The molecule has 1 aromatic heterocycles. The Morgan fingerprint density at radius 1 is 1.03 bits per heavy atom. The molecule has 0 spiro atoms. The lowest BCUT2D eigenvalue weighted by Crippen LogP contribution is -2.50. The highest BCUT2D eigenvalue weighted by molar-refractivity contribution is 7.15. The first-order valence-corrected chi connectivity index (χ1v) is 13.6. The van der Waals surface area contributed by atoms with E-state index in [-0.39, 0.29) is 17.7 Å². The van der Waals surface area contributed by atoms with Gasteiger partial charge in [-0.05, 0) is 49.4 Å². The van der Waals surface area contributed by atoms with Gasteiger partial charge in [0, 0.05) is 43.2 Å². The Morgan fingerprint density at radius 2 is 1.79 bits per heavy atom. The minimum Gasteiger partial charge on any atom is -0.368 e. The average Bonchev–Trinajstić information content (AvgIpc) is 3.34. The minimum absolute atomic E-state index is 0.00176. The molecule has 1 atom stereocenters. The topological polar surface area (TPSA) is 65.5 Å². The van der Waals surface area contributed by atoms with Crippen LogP contribution in [0.15, 0.2) is 54.6 Å². The van der Waals surface area contributed by atoms with Crippen LogP contribution in [0.1, 0.15) is 46.9 Å². The van der Waals surface area contributed by atoms with Crippen molar-refractivity contribution in [3.05, 3.63) is 76.3 Å². The Morgan fingerprint density at radius 3 is 2.53 bits per heavy atom. The summed E-state index contributed by atoms with van der Waals surface area (Å²) in [4.78, 5) is 35.3. The number of anilines is 2. The van der Waals surface area contributed by atoms with Crippen LogP contribution in [0.3, 0.4) is 0 Å². The van der Waals surface area contributed by atoms with Crippen molar-refractivity contribution in [2.24, 2.45) is 0 Å². The molecule has 1 unspecified atom stereocenters. The average molecular weight is 543 g/mol. The number of hydrogen-bond donors (Lipinski definition) is 1. The van der Waals surface area contributed by atoms with Gasteiger partial charge in [0.1, 0.15) is 0 Å². The molecule has 2 heterocycles. The molecule has 1 aliphatic heterocycles. The molecule has 0 saturated carbocycles. The van der Waals surface area contributed by atoms with E-state index in [0.717, 1.165) is 41.1 Å². The maximum Gasteiger partial charge on any atom is 0.416 e. The van der Waals surface area contributed by atoms with Gasteiger partial charge in [0.25, 0.3) is 0 Å². The summed E-state index contributed by atoms with van der Waals surface area (Å²) in [5.41, 5.74) is 1.69. The second kappa shape index (κ2) is 11.1. The quantitative estimate of drug-likeness (QED) is 0.447. The minimum atomic E-state index is -4.39. The second-order valence-electron chi connectivity index (χ2n) is 9.67. The summed E-state index contributed by atoms with van der Waals surface area (Å²) in [6.45, 7) is 1.81. The van der Waals surface area contributed by atoms with Gasteiger partial charge in [0.05, 0.1) is 17.2 Å². The van der Waals surface area contributed by atoms with E-state index >= 15 is 0 Å². The molecule has 200 valence electrons. The second-order valence-corrected chi connectivity index (χ2v) is 10.8. The Hall–Kier alpha value is -3.40. The zero-order valence-electron chi connectivity index (χ0n) is 20.8. The number of aryl methyl sites for hydroxylation is 2.